The third-order valence-electron chi connectivity index (χ3n) is 3.11. The van der Waals surface area contributed by atoms with E-state index in [1.165, 1.54) is 11.1 Å². The van der Waals surface area contributed by atoms with E-state index in [2.05, 4.69) is 39.0 Å². The molecule has 114 valence electrons. The SMILES string of the molecule is CCOC(CCOc1cc(C)ccc1C(C)C)OCC. The number of aryl methyl sites for hydroxylation is 1. The smallest absolute Gasteiger partial charge is 0.160 e. The molecule has 3 heteroatoms. The molecule has 0 heterocycles. The summed E-state index contributed by atoms with van der Waals surface area (Å²) < 4.78 is 17.0. The van der Waals surface area contributed by atoms with Crippen LogP contribution in [-0.2, 0) is 9.47 Å². The summed E-state index contributed by atoms with van der Waals surface area (Å²) in [6.07, 6.45) is 0.574. The van der Waals surface area contributed by atoms with E-state index in [0.29, 0.717) is 25.7 Å². The molecule has 3 nitrogen and oxygen atoms in total. The zero-order valence-corrected chi connectivity index (χ0v) is 13.4. The first-order valence-corrected chi connectivity index (χ1v) is 7.55. The Morgan fingerprint density at radius 1 is 1.05 bits per heavy atom. The first kappa shape index (κ1) is 17.0. The van der Waals surface area contributed by atoms with E-state index < -0.39 is 0 Å². The summed E-state index contributed by atoms with van der Waals surface area (Å²) in [5.74, 6) is 1.44. The quantitative estimate of drug-likeness (QED) is 0.632. The van der Waals surface area contributed by atoms with Crippen LogP contribution in [0, 0.1) is 6.92 Å². The Labute approximate surface area is 123 Å². The normalized spacial score (nSPS) is 11.3. The number of hydrogen-bond acceptors (Lipinski definition) is 3. The van der Waals surface area contributed by atoms with Gasteiger partial charge in [0.25, 0.3) is 0 Å². The van der Waals surface area contributed by atoms with Crippen LogP contribution < -0.4 is 4.74 Å². The topological polar surface area (TPSA) is 27.7 Å². The molecule has 1 rings (SSSR count). The number of ether oxygens (including phenoxy) is 3. The second-order valence-electron chi connectivity index (χ2n) is 5.17. The fraction of sp³-hybridized carbons (Fsp3) is 0.647. The van der Waals surface area contributed by atoms with E-state index >= 15 is 0 Å². The van der Waals surface area contributed by atoms with Crippen molar-refractivity contribution in [3.63, 3.8) is 0 Å². The molecule has 0 aliphatic heterocycles. The van der Waals surface area contributed by atoms with Gasteiger partial charge in [0.2, 0.25) is 0 Å². The molecule has 1 aromatic rings. The van der Waals surface area contributed by atoms with Crippen LogP contribution in [-0.4, -0.2) is 26.1 Å². The van der Waals surface area contributed by atoms with Crippen molar-refractivity contribution in [1.29, 1.82) is 0 Å². The van der Waals surface area contributed by atoms with Crippen LogP contribution in [0.3, 0.4) is 0 Å². The van der Waals surface area contributed by atoms with Crippen molar-refractivity contribution in [2.75, 3.05) is 19.8 Å². The molecular formula is C17H28O3. The van der Waals surface area contributed by atoms with Gasteiger partial charge in [0.15, 0.2) is 6.29 Å². The van der Waals surface area contributed by atoms with Crippen molar-refractivity contribution >= 4 is 0 Å². The molecule has 1 aromatic carbocycles. The number of benzene rings is 1. The fourth-order valence-corrected chi connectivity index (χ4v) is 2.10. The van der Waals surface area contributed by atoms with Crippen LogP contribution in [0.4, 0.5) is 0 Å². The van der Waals surface area contributed by atoms with E-state index in [0.717, 1.165) is 12.2 Å². The molecule has 0 saturated heterocycles. The minimum absolute atomic E-state index is 0.169. The van der Waals surface area contributed by atoms with Gasteiger partial charge in [-0.15, -0.1) is 0 Å². The molecule has 0 saturated carbocycles. The minimum atomic E-state index is -0.169. The number of rotatable bonds is 9. The molecule has 0 aromatic heterocycles. The van der Waals surface area contributed by atoms with E-state index in [1.807, 2.05) is 13.8 Å². The van der Waals surface area contributed by atoms with Crippen molar-refractivity contribution in [1.82, 2.24) is 0 Å². The lowest BCUT2D eigenvalue weighted by atomic mass is 10.0. The summed E-state index contributed by atoms with van der Waals surface area (Å²) in [6, 6.07) is 6.38. The van der Waals surface area contributed by atoms with Gasteiger partial charge in [0.05, 0.1) is 6.61 Å². The van der Waals surface area contributed by atoms with Crippen LogP contribution in [0.1, 0.15) is 51.2 Å². The van der Waals surface area contributed by atoms with Crippen molar-refractivity contribution in [3.8, 4) is 5.75 Å². The van der Waals surface area contributed by atoms with Crippen LogP contribution in [0.2, 0.25) is 0 Å². The van der Waals surface area contributed by atoms with Crippen molar-refractivity contribution in [2.45, 2.75) is 53.2 Å². The Kier molecular flexibility index (Phi) is 7.63. The second kappa shape index (κ2) is 8.98. The molecule has 0 aliphatic carbocycles. The highest BCUT2D eigenvalue weighted by molar-refractivity contribution is 5.39. The fourth-order valence-electron chi connectivity index (χ4n) is 2.10. The van der Waals surface area contributed by atoms with E-state index in [9.17, 15) is 0 Å². The van der Waals surface area contributed by atoms with Crippen LogP contribution in [0.15, 0.2) is 18.2 Å². The van der Waals surface area contributed by atoms with Crippen LogP contribution >= 0.6 is 0 Å². The predicted octanol–water partition coefficient (Wildman–Crippen LogP) is 4.29. The summed E-state index contributed by atoms with van der Waals surface area (Å²) in [5.41, 5.74) is 2.47. The summed E-state index contributed by atoms with van der Waals surface area (Å²) in [6.45, 7) is 12.3. The van der Waals surface area contributed by atoms with E-state index in [1.54, 1.807) is 0 Å². The molecule has 0 bridgehead atoms. The highest BCUT2D eigenvalue weighted by Gasteiger charge is 2.11. The van der Waals surface area contributed by atoms with Gasteiger partial charge in [0, 0.05) is 19.6 Å². The molecule has 0 atom stereocenters. The predicted molar refractivity (Wildman–Crippen MR) is 82.4 cm³/mol. The Morgan fingerprint density at radius 3 is 2.25 bits per heavy atom. The van der Waals surface area contributed by atoms with Gasteiger partial charge >= 0.3 is 0 Å². The Balaban J connectivity index is 2.58. The Morgan fingerprint density at radius 2 is 1.70 bits per heavy atom. The maximum Gasteiger partial charge on any atom is 0.160 e. The maximum atomic E-state index is 5.94. The largest absolute Gasteiger partial charge is 0.493 e. The highest BCUT2D eigenvalue weighted by Crippen LogP contribution is 2.27. The lowest BCUT2D eigenvalue weighted by molar-refractivity contribution is -0.142. The van der Waals surface area contributed by atoms with Gasteiger partial charge in [0.1, 0.15) is 5.75 Å². The molecule has 0 aliphatic rings. The van der Waals surface area contributed by atoms with Gasteiger partial charge in [-0.25, -0.2) is 0 Å². The first-order chi connectivity index (χ1) is 9.58. The van der Waals surface area contributed by atoms with Gasteiger partial charge in [-0.05, 0) is 43.9 Å². The Bertz CT molecular complexity index is 382. The van der Waals surface area contributed by atoms with Gasteiger partial charge in [-0.1, -0.05) is 26.0 Å². The molecule has 0 unspecified atom stereocenters. The molecule has 0 amide bonds. The zero-order valence-electron chi connectivity index (χ0n) is 13.4. The Hall–Kier alpha value is -1.06. The first-order valence-electron chi connectivity index (χ1n) is 7.55. The minimum Gasteiger partial charge on any atom is -0.493 e. The van der Waals surface area contributed by atoms with E-state index in [4.69, 9.17) is 14.2 Å². The molecule has 0 radical (unpaired) electrons. The number of hydrogen-bond donors (Lipinski definition) is 0. The van der Waals surface area contributed by atoms with Gasteiger partial charge < -0.3 is 14.2 Å². The summed E-state index contributed by atoms with van der Waals surface area (Å²) in [7, 11) is 0. The zero-order chi connectivity index (χ0) is 15.0. The third kappa shape index (κ3) is 5.51. The summed E-state index contributed by atoms with van der Waals surface area (Å²) in [4.78, 5) is 0. The molecule has 20 heavy (non-hydrogen) atoms. The standard InChI is InChI=1S/C17H28O3/c1-6-18-17(19-7-2)10-11-20-16-12-14(5)8-9-15(16)13(3)4/h8-9,12-13,17H,6-7,10-11H2,1-5H3. The average Bonchev–Trinajstić information content (AvgIpc) is 2.39. The second-order valence-corrected chi connectivity index (χ2v) is 5.17. The maximum absolute atomic E-state index is 5.94. The molecule has 0 spiro atoms. The van der Waals surface area contributed by atoms with Gasteiger partial charge in [-0.3, -0.25) is 0 Å². The van der Waals surface area contributed by atoms with Gasteiger partial charge in [-0.2, -0.15) is 0 Å². The monoisotopic (exact) mass is 280 g/mol. The molecule has 0 fully saturated rings. The molecule has 0 N–H and O–H groups in total. The lowest BCUT2D eigenvalue weighted by Crippen LogP contribution is -2.20. The average molecular weight is 280 g/mol. The third-order valence-corrected chi connectivity index (χ3v) is 3.11. The lowest BCUT2D eigenvalue weighted by Gasteiger charge is -2.19. The van der Waals surface area contributed by atoms with E-state index in [-0.39, 0.29) is 6.29 Å². The molecular weight excluding hydrogens is 252 g/mol. The summed E-state index contributed by atoms with van der Waals surface area (Å²) >= 11 is 0. The van der Waals surface area contributed by atoms with Crippen molar-refractivity contribution in [3.05, 3.63) is 29.3 Å². The van der Waals surface area contributed by atoms with Crippen LogP contribution in [0.25, 0.3) is 0 Å². The van der Waals surface area contributed by atoms with Crippen molar-refractivity contribution < 1.29 is 14.2 Å². The van der Waals surface area contributed by atoms with Crippen LogP contribution in [0.5, 0.6) is 5.75 Å². The van der Waals surface area contributed by atoms with Crippen molar-refractivity contribution in [2.24, 2.45) is 0 Å². The summed E-state index contributed by atoms with van der Waals surface area (Å²) in [5, 5.41) is 0. The highest BCUT2D eigenvalue weighted by atomic mass is 16.7.